The van der Waals surface area contributed by atoms with E-state index in [-0.39, 0.29) is 17.6 Å². The second-order valence-electron chi connectivity index (χ2n) is 6.11. The monoisotopic (exact) mass is 343 g/mol. The lowest BCUT2D eigenvalue weighted by Gasteiger charge is -2.25. The Labute approximate surface area is 148 Å². The van der Waals surface area contributed by atoms with Crippen LogP contribution in [0.1, 0.15) is 36.4 Å². The molecule has 0 atom stereocenters. The third kappa shape index (κ3) is 4.86. The minimum Gasteiger partial charge on any atom is -0.459 e. The Balaban J connectivity index is 2.26. The predicted octanol–water partition coefficient (Wildman–Crippen LogP) is 3.36. The summed E-state index contributed by atoms with van der Waals surface area (Å²) >= 11 is 0. The molecule has 2 aromatic rings. The van der Waals surface area contributed by atoms with E-state index in [0.29, 0.717) is 18.8 Å². The van der Waals surface area contributed by atoms with Crippen LogP contribution < -0.4 is 10.2 Å². The molecular formula is C19H25N3O3. The van der Waals surface area contributed by atoms with Gasteiger partial charge in [0.2, 0.25) is 5.91 Å². The van der Waals surface area contributed by atoms with Crippen LogP contribution in [0.3, 0.4) is 0 Å². The van der Waals surface area contributed by atoms with Crippen LogP contribution in [-0.4, -0.2) is 37.4 Å². The van der Waals surface area contributed by atoms with Crippen molar-refractivity contribution in [3.05, 3.63) is 47.9 Å². The highest BCUT2D eigenvalue weighted by Gasteiger charge is 2.15. The SMILES string of the molecule is CCCN(Cc1cc(NC(=O)c2ccco2)ccc1N(C)C)C(C)=O. The average molecular weight is 343 g/mol. The fourth-order valence-electron chi connectivity index (χ4n) is 2.65. The van der Waals surface area contributed by atoms with Gasteiger partial charge in [-0.05, 0) is 42.3 Å². The Bertz CT molecular complexity index is 724. The van der Waals surface area contributed by atoms with Crippen LogP contribution in [0, 0.1) is 0 Å². The minimum atomic E-state index is -0.300. The highest BCUT2D eigenvalue weighted by Crippen LogP contribution is 2.25. The highest BCUT2D eigenvalue weighted by molar-refractivity contribution is 6.02. The first-order chi connectivity index (χ1) is 11.9. The molecule has 0 saturated heterocycles. The van der Waals surface area contributed by atoms with E-state index in [1.165, 1.54) is 6.26 Å². The molecule has 0 aliphatic heterocycles. The maximum Gasteiger partial charge on any atom is 0.291 e. The zero-order valence-electron chi connectivity index (χ0n) is 15.2. The van der Waals surface area contributed by atoms with E-state index in [0.717, 1.165) is 17.7 Å². The van der Waals surface area contributed by atoms with Gasteiger partial charge in [-0.25, -0.2) is 0 Å². The normalized spacial score (nSPS) is 10.4. The van der Waals surface area contributed by atoms with Crippen LogP contribution in [0.15, 0.2) is 41.0 Å². The molecule has 2 rings (SSSR count). The van der Waals surface area contributed by atoms with Crippen molar-refractivity contribution in [2.45, 2.75) is 26.8 Å². The van der Waals surface area contributed by atoms with E-state index in [1.807, 2.05) is 44.1 Å². The number of nitrogens with one attached hydrogen (secondary N) is 1. The lowest BCUT2D eigenvalue weighted by atomic mass is 10.1. The standard InChI is InChI=1S/C19H25N3O3/c1-5-10-22(14(2)23)13-15-12-16(8-9-17(15)21(3)4)20-19(24)18-7-6-11-25-18/h6-9,11-12H,5,10,13H2,1-4H3,(H,20,24). The quantitative estimate of drug-likeness (QED) is 0.837. The van der Waals surface area contributed by atoms with Crippen molar-refractivity contribution in [3.63, 3.8) is 0 Å². The first-order valence-corrected chi connectivity index (χ1v) is 8.33. The van der Waals surface area contributed by atoms with E-state index >= 15 is 0 Å². The Morgan fingerprint density at radius 3 is 2.52 bits per heavy atom. The summed E-state index contributed by atoms with van der Waals surface area (Å²) in [6, 6.07) is 8.98. The summed E-state index contributed by atoms with van der Waals surface area (Å²) in [4.78, 5) is 27.8. The molecule has 134 valence electrons. The van der Waals surface area contributed by atoms with Crippen molar-refractivity contribution in [3.8, 4) is 0 Å². The van der Waals surface area contributed by atoms with Crippen LogP contribution in [0.4, 0.5) is 11.4 Å². The minimum absolute atomic E-state index is 0.0385. The zero-order valence-corrected chi connectivity index (χ0v) is 15.2. The molecular weight excluding hydrogens is 318 g/mol. The maximum absolute atomic E-state index is 12.2. The van der Waals surface area contributed by atoms with Crippen LogP contribution in [0.2, 0.25) is 0 Å². The third-order valence-electron chi connectivity index (χ3n) is 3.86. The topological polar surface area (TPSA) is 65.8 Å². The molecule has 0 aliphatic carbocycles. The summed E-state index contributed by atoms with van der Waals surface area (Å²) in [7, 11) is 3.91. The van der Waals surface area contributed by atoms with Crippen molar-refractivity contribution < 1.29 is 14.0 Å². The number of hydrogen-bond donors (Lipinski definition) is 1. The van der Waals surface area contributed by atoms with E-state index in [2.05, 4.69) is 5.32 Å². The van der Waals surface area contributed by atoms with Gasteiger partial charge in [0.1, 0.15) is 0 Å². The van der Waals surface area contributed by atoms with Crippen molar-refractivity contribution in [2.24, 2.45) is 0 Å². The summed E-state index contributed by atoms with van der Waals surface area (Å²) in [6.07, 6.45) is 2.36. The van der Waals surface area contributed by atoms with Crippen molar-refractivity contribution >= 4 is 23.2 Å². The molecule has 0 spiro atoms. The first-order valence-electron chi connectivity index (χ1n) is 8.33. The Kier molecular flexibility index (Phi) is 6.22. The number of rotatable bonds is 7. The summed E-state index contributed by atoms with van der Waals surface area (Å²) in [5.74, 6) is -0.00306. The molecule has 25 heavy (non-hydrogen) atoms. The van der Waals surface area contributed by atoms with Crippen molar-refractivity contribution in [1.29, 1.82) is 0 Å². The van der Waals surface area contributed by atoms with Gasteiger partial charge in [0.15, 0.2) is 5.76 Å². The molecule has 1 N–H and O–H groups in total. The largest absolute Gasteiger partial charge is 0.459 e. The number of amides is 2. The number of furan rings is 1. The average Bonchev–Trinajstić information content (AvgIpc) is 3.09. The lowest BCUT2D eigenvalue weighted by Crippen LogP contribution is -2.29. The molecule has 6 nitrogen and oxygen atoms in total. The van der Waals surface area contributed by atoms with Gasteiger partial charge < -0.3 is 19.5 Å². The molecule has 0 saturated carbocycles. The first kappa shape index (κ1) is 18.6. The van der Waals surface area contributed by atoms with E-state index in [4.69, 9.17) is 4.42 Å². The van der Waals surface area contributed by atoms with Gasteiger partial charge in [-0.1, -0.05) is 6.92 Å². The molecule has 2 amide bonds. The second kappa shape index (κ2) is 8.37. The van der Waals surface area contributed by atoms with E-state index in [9.17, 15) is 9.59 Å². The van der Waals surface area contributed by atoms with Gasteiger partial charge >= 0.3 is 0 Å². The summed E-state index contributed by atoms with van der Waals surface area (Å²) in [6.45, 7) is 4.82. The molecule has 0 bridgehead atoms. The summed E-state index contributed by atoms with van der Waals surface area (Å²) < 4.78 is 5.11. The fourth-order valence-corrected chi connectivity index (χ4v) is 2.65. The molecule has 1 aromatic heterocycles. The van der Waals surface area contributed by atoms with Gasteiger partial charge in [0.25, 0.3) is 5.91 Å². The van der Waals surface area contributed by atoms with Gasteiger partial charge in [0.05, 0.1) is 6.26 Å². The Morgan fingerprint density at radius 2 is 1.96 bits per heavy atom. The highest BCUT2D eigenvalue weighted by atomic mass is 16.3. The number of nitrogens with zero attached hydrogens (tertiary/aromatic N) is 2. The summed E-state index contributed by atoms with van der Waals surface area (Å²) in [5, 5.41) is 2.83. The Hall–Kier alpha value is -2.76. The molecule has 0 unspecified atom stereocenters. The fraction of sp³-hybridized carbons (Fsp3) is 0.368. The van der Waals surface area contributed by atoms with Crippen molar-refractivity contribution in [1.82, 2.24) is 4.90 Å². The zero-order chi connectivity index (χ0) is 18.4. The molecule has 1 aromatic carbocycles. The maximum atomic E-state index is 12.2. The number of carbonyl (C=O) groups excluding carboxylic acids is 2. The van der Waals surface area contributed by atoms with Gasteiger partial charge in [0, 0.05) is 45.5 Å². The van der Waals surface area contributed by atoms with Crippen molar-refractivity contribution in [2.75, 3.05) is 30.9 Å². The smallest absolute Gasteiger partial charge is 0.291 e. The number of hydrogen-bond acceptors (Lipinski definition) is 4. The number of carbonyl (C=O) groups is 2. The van der Waals surface area contributed by atoms with Crippen LogP contribution in [0.5, 0.6) is 0 Å². The van der Waals surface area contributed by atoms with E-state index < -0.39 is 0 Å². The van der Waals surface area contributed by atoms with Crippen LogP contribution in [0.25, 0.3) is 0 Å². The van der Waals surface area contributed by atoms with E-state index in [1.54, 1.807) is 24.0 Å². The molecule has 1 heterocycles. The molecule has 0 radical (unpaired) electrons. The second-order valence-corrected chi connectivity index (χ2v) is 6.11. The predicted molar refractivity (Wildman–Crippen MR) is 98.8 cm³/mol. The lowest BCUT2D eigenvalue weighted by molar-refractivity contribution is -0.129. The summed E-state index contributed by atoms with van der Waals surface area (Å²) in [5.41, 5.74) is 2.66. The third-order valence-corrected chi connectivity index (χ3v) is 3.86. The van der Waals surface area contributed by atoms with Gasteiger partial charge in [-0.15, -0.1) is 0 Å². The number of anilines is 2. The van der Waals surface area contributed by atoms with Gasteiger partial charge in [-0.2, -0.15) is 0 Å². The van der Waals surface area contributed by atoms with Gasteiger partial charge in [-0.3, -0.25) is 9.59 Å². The molecule has 6 heteroatoms. The number of benzene rings is 1. The van der Waals surface area contributed by atoms with Crippen LogP contribution in [-0.2, 0) is 11.3 Å². The Morgan fingerprint density at radius 1 is 1.20 bits per heavy atom. The molecule has 0 aliphatic rings. The molecule has 0 fully saturated rings. The van der Waals surface area contributed by atoms with Crippen LogP contribution >= 0.6 is 0 Å².